The number of amidine groups is 1. The van der Waals surface area contributed by atoms with E-state index in [0.717, 1.165) is 29.5 Å². The predicted octanol–water partition coefficient (Wildman–Crippen LogP) is 3.38. The van der Waals surface area contributed by atoms with Crippen molar-refractivity contribution >= 4 is 47.1 Å². The molecule has 260 valence electrons. The third kappa shape index (κ3) is 7.72. The number of fused-ring (bicyclic) bond motifs is 1. The van der Waals surface area contributed by atoms with Gasteiger partial charge in [0.15, 0.2) is 6.20 Å². The molecule has 3 unspecified atom stereocenters. The van der Waals surface area contributed by atoms with Gasteiger partial charge >= 0.3 is 0 Å². The molecule has 2 saturated heterocycles. The van der Waals surface area contributed by atoms with Gasteiger partial charge in [-0.3, -0.25) is 28.9 Å². The summed E-state index contributed by atoms with van der Waals surface area (Å²) in [5, 5.41) is 2.96. The summed E-state index contributed by atoms with van der Waals surface area (Å²) in [6.45, 7) is 1.21. The standard InChI is InChI=1S/C40H40N6O5/c47-35(33-13-7-19-44(33)37(48)24-28-9-3-1-4-10-28)26-43-21-22-46-36(27-43)42-32(40(46)51)23-30-15-17-31(18-16-30)41-39(50)34-14-8-20-45(34)38(49)25-29-11-5-2-6-12-29/h1-6,9-12,15-18,21-22,27,32-34H,7-8,13-14,19-20,23-26H2/p+1. The molecule has 3 aromatic rings. The number of benzene rings is 3. The van der Waals surface area contributed by atoms with Crippen LogP contribution in [0.4, 0.5) is 5.69 Å². The number of carbonyl (C=O) groups excluding carboxylic acids is 5. The minimum absolute atomic E-state index is 0.0445. The predicted molar refractivity (Wildman–Crippen MR) is 192 cm³/mol. The van der Waals surface area contributed by atoms with Gasteiger partial charge in [-0.15, -0.1) is 0 Å². The number of Topliss-reactive ketones (excluding diaryl/α,β-unsaturated/α-hetero) is 1. The SMILES string of the molecule is O=C(C[N+]1=CC2=NC(Cc3ccc(NC(=O)C4CCCN4C(=O)Cc4ccccc4)cc3)C(=O)N2C=C1)C1CCCN1C(=O)Cc1ccccc1. The fraction of sp³-hybridized carbons (Fsp3) is 0.325. The summed E-state index contributed by atoms with van der Waals surface area (Å²) in [4.78, 5) is 75.4. The molecule has 0 spiro atoms. The Balaban J connectivity index is 0.928. The van der Waals surface area contributed by atoms with Crippen molar-refractivity contribution in [3.63, 3.8) is 0 Å². The highest BCUT2D eigenvalue weighted by molar-refractivity contribution is 6.34. The molecule has 11 heteroatoms. The van der Waals surface area contributed by atoms with E-state index in [1.807, 2.05) is 72.8 Å². The summed E-state index contributed by atoms with van der Waals surface area (Å²) < 4.78 is 1.73. The molecule has 2 fully saturated rings. The zero-order chi connectivity index (χ0) is 35.3. The maximum atomic E-state index is 13.4. The minimum Gasteiger partial charge on any atom is -0.332 e. The van der Waals surface area contributed by atoms with Gasteiger partial charge in [-0.1, -0.05) is 72.8 Å². The van der Waals surface area contributed by atoms with Gasteiger partial charge in [0.25, 0.3) is 5.91 Å². The lowest BCUT2D eigenvalue weighted by atomic mass is 10.1. The van der Waals surface area contributed by atoms with E-state index < -0.39 is 18.1 Å². The Bertz CT molecular complexity index is 1910. The fourth-order valence-electron chi connectivity index (χ4n) is 7.31. The highest BCUT2D eigenvalue weighted by Crippen LogP contribution is 2.24. The van der Waals surface area contributed by atoms with Crippen LogP contribution in [0.3, 0.4) is 0 Å². The molecule has 4 aliphatic rings. The summed E-state index contributed by atoms with van der Waals surface area (Å²) in [6, 6.07) is 24.8. The maximum Gasteiger partial charge on any atom is 0.257 e. The molecular weight excluding hydrogens is 644 g/mol. The first-order valence-corrected chi connectivity index (χ1v) is 17.6. The maximum absolute atomic E-state index is 13.4. The van der Waals surface area contributed by atoms with Crippen LogP contribution in [-0.4, -0.2) is 98.5 Å². The molecule has 4 aliphatic heterocycles. The Labute approximate surface area is 296 Å². The van der Waals surface area contributed by atoms with Crippen molar-refractivity contribution in [1.29, 1.82) is 0 Å². The van der Waals surface area contributed by atoms with Crippen LogP contribution in [0.25, 0.3) is 0 Å². The third-order valence-electron chi connectivity index (χ3n) is 9.95. The van der Waals surface area contributed by atoms with E-state index in [2.05, 4.69) is 10.3 Å². The van der Waals surface area contributed by atoms with Crippen molar-refractivity contribution in [1.82, 2.24) is 14.7 Å². The molecule has 1 N–H and O–H groups in total. The number of carbonyl (C=O) groups is 5. The van der Waals surface area contributed by atoms with Gasteiger partial charge in [-0.2, -0.15) is 4.58 Å². The van der Waals surface area contributed by atoms with Crippen molar-refractivity contribution in [2.24, 2.45) is 4.99 Å². The quantitative estimate of drug-likeness (QED) is 0.311. The summed E-state index contributed by atoms with van der Waals surface area (Å²) in [6.07, 6.45) is 8.77. The first-order chi connectivity index (χ1) is 24.8. The highest BCUT2D eigenvalue weighted by Gasteiger charge is 2.39. The molecule has 0 aromatic heterocycles. The Morgan fingerprint density at radius 1 is 0.745 bits per heavy atom. The van der Waals surface area contributed by atoms with Crippen LogP contribution in [0.5, 0.6) is 0 Å². The fourth-order valence-corrected chi connectivity index (χ4v) is 7.31. The smallest absolute Gasteiger partial charge is 0.257 e. The zero-order valence-corrected chi connectivity index (χ0v) is 28.4. The highest BCUT2D eigenvalue weighted by atomic mass is 16.2. The number of nitrogens with one attached hydrogen (secondary N) is 1. The Kier molecular flexibility index (Phi) is 9.96. The van der Waals surface area contributed by atoms with Crippen molar-refractivity contribution in [2.75, 3.05) is 25.0 Å². The number of rotatable bonds is 11. The molecule has 51 heavy (non-hydrogen) atoms. The number of aliphatic imine (C=N–C) groups is 1. The topological polar surface area (TPSA) is 122 Å². The summed E-state index contributed by atoms with van der Waals surface area (Å²) in [5.41, 5.74) is 3.35. The lowest BCUT2D eigenvalue weighted by Gasteiger charge is -2.24. The largest absolute Gasteiger partial charge is 0.332 e. The lowest BCUT2D eigenvalue weighted by Crippen LogP contribution is -2.44. The van der Waals surface area contributed by atoms with E-state index in [1.54, 1.807) is 45.1 Å². The van der Waals surface area contributed by atoms with E-state index in [4.69, 9.17) is 0 Å². The average molecular weight is 686 g/mol. The number of anilines is 1. The second-order valence-corrected chi connectivity index (χ2v) is 13.5. The summed E-state index contributed by atoms with van der Waals surface area (Å²) in [5.74, 6) is -0.0399. The van der Waals surface area contributed by atoms with Gasteiger partial charge in [0.05, 0.1) is 25.1 Å². The second kappa shape index (κ2) is 15.0. The van der Waals surface area contributed by atoms with Crippen LogP contribution >= 0.6 is 0 Å². The van der Waals surface area contributed by atoms with Crippen LogP contribution in [0.15, 0.2) is 102 Å². The first-order valence-electron chi connectivity index (χ1n) is 17.6. The monoisotopic (exact) mass is 685 g/mol. The molecule has 0 saturated carbocycles. The van der Waals surface area contributed by atoms with Crippen LogP contribution in [0.1, 0.15) is 42.4 Å². The zero-order valence-electron chi connectivity index (χ0n) is 28.4. The third-order valence-corrected chi connectivity index (χ3v) is 9.95. The number of nitrogens with zero attached hydrogens (tertiary/aromatic N) is 5. The van der Waals surface area contributed by atoms with Crippen LogP contribution in [-0.2, 0) is 43.2 Å². The molecule has 4 amide bonds. The van der Waals surface area contributed by atoms with E-state index in [-0.39, 0.29) is 48.8 Å². The van der Waals surface area contributed by atoms with Crippen LogP contribution in [0.2, 0.25) is 0 Å². The van der Waals surface area contributed by atoms with Crippen LogP contribution < -0.4 is 5.32 Å². The van der Waals surface area contributed by atoms with Gasteiger partial charge in [-0.25, -0.2) is 4.99 Å². The van der Waals surface area contributed by atoms with Crippen LogP contribution in [0, 0.1) is 0 Å². The molecule has 0 aliphatic carbocycles. The number of hydrogen-bond donors (Lipinski definition) is 1. The van der Waals surface area contributed by atoms with E-state index in [9.17, 15) is 24.0 Å². The minimum atomic E-state index is -0.624. The van der Waals surface area contributed by atoms with E-state index >= 15 is 0 Å². The van der Waals surface area contributed by atoms with Gasteiger partial charge < -0.3 is 15.1 Å². The molecular formula is C40H41N6O5+. The Morgan fingerprint density at radius 2 is 1.33 bits per heavy atom. The van der Waals surface area contributed by atoms with Gasteiger partial charge in [0, 0.05) is 25.2 Å². The average Bonchev–Trinajstić information content (AvgIpc) is 3.90. The Hall–Kier alpha value is -5.71. The number of ketones is 1. The van der Waals surface area contributed by atoms with Crippen molar-refractivity contribution in [2.45, 2.75) is 63.1 Å². The second-order valence-electron chi connectivity index (χ2n) is 13.5. The van der Waals surface area contributed by atoms with Gasteiger partial charge in [-0.05, 0) is 54.5 Å². The number of amides is 4. The summed E-state index contributed by atoms with van der Waals surface area (Å²) in [7, 11) is 0. The number of hydrogen-bond acceptors (Lipinski definition) is 6. The molecule has 3 aromatic carbocycles. The van der Waals surface area contributed by atoms with E-state index in [0.29, 0.717) is 43.9 Å². The van der Waals surface area contributed by atoms with Crippen molar-refractivity contribution in [3.05, 3.63) is 114 Å². The molecule has 7 rings (SSSR count). The van der Waals surface area contributed by atoms with Crippen molar-refractivity contribution in [3.8, 4) is 0 Å². The van der Waals surface area contributed by atoms with E-state index in [1.165, 1.54) is 4.90 Å². The van der Waals surface area contributed by atoms with Gasteiger partial charge in [0.1, 0.15) is 12.1 Å². The molecule has 4 heterocycles. The lowest BCUT2D eigenvalue weighted by molar-refractivity contribution is -0.440. The molecule has 11 nitrogen and oxygen atoms in total. The molecule has 0 radical (unpaired) electrons. The number of likely N-dealkylation sites (tertiary alicyclic amines) is 2. The van der Waals surface area contributed by atoms with Crippen molar-refractivity contribution < 1.29 is 28.5 Å². The molecule has 0 bridgehead atoms. The Morgan fingerprint density at radius 3 is 1.96 bits per heavy atom. The summed E-state index contributed by atoms with van der Waals surface area (Å²) >= 11 is 0. The normalized spacial score (nSPS) is 21.0. The first kappa shape index (κ1) is 33.8. The van der Waals surface area contributed by atoms with Gasteiger partial charge in [0.2, 0.25) is 42.1 Å². The molecule has 3 atom stereocenters.